The Hall–Kier alpha value is 0.240. The molecule has 0 radical (unpaired) electrons. The molecule has 0 spiro atoms. The third-order valence-corrected chi connectivity index (χ3v) is 2.24. The monoisotopic (exact) mass is 168 g/mol. The average molecular weight is 168 g/mol. The van der Waals surface area contributed by atoms with E-state index in [9.17, 15) is 4.39 Å². The Morgan fingerprint density at radius 3 is 3.20 bits per heavy atom. The molecule has 0 aromatic carbocycles. The fraction of sp³-hybridized carbons (Fsp3) is 1.00. The number of rotatable bonds is 2. The minimum Gasteiger partial charge on any atom is -0.312 e. The van der Waals surface area contributed by atoms with Crippen LogP contribution < -0.4 is 0 Å². The molecule has 0 bridgehead atoms. The summed E-state index contributed by atoms with van der Waals surface area (Å²) in [6.45, 7) is 2.71. The SMILES string of the molecule is CCOP1OCCC(F)O1. The van der Waals surface area contributed by atoms with Crippen LogP contribution in [-0.4, -0.2) is 19.6 Å². The van der Waals surface area contributed by atoms with Crippen LogP contribution in [0.3, 0.4) is 0 Å². The highest BCUT2D eigenvalue weighted by Crippen LogP contribution is 2.44. The van der Waals surface area contributed by atoms with Gasteiger partial charge in [0, 0.05) is 6.42 Å². The first-order valence-corrected chi connectivity index (χ1v) is 4.29. The summed E-state index contributed by atoms with van der Waals surface area (Å²) in [4.78, 5) is 0. The molecule has 1 aliphatic rings. The predicted octanol–water partition coefficient (Wildman–Crippen LogP) is 1.98. The predicted molar refractivity (Wildman–Crippen MR) is 35.1 cm³/mol. The molecule has 1 heterocycles. The lowest BCUT2D eigenvalue weighted by Crippen LogP contribution is -2.14. The average Bonchev–Trinajstić information content (AvgIpc) is 1.88. The van der Waals surface area contributed by atoms with E-state index in [4.69, 9.17) is 9.05 Å². The second kappa shape index (κ2) is 4.19. The molecule has 1 saturated heterocycles. The molecule has 2 unspecified atom stereocenters. The van der Waals surface area contributed by atoms with Crippen LogP contribution in [0.25, 0.3) is 0 Å². The second-order valence-corrected chi connectivity index (χ2v) is 2.95. The quantitative estimate of drug-likeness (QED) is 0.590. The van der Waals surface area contributed by atoms with Crippen LogP contribution in [-0.2, 0) is 13.6 Å². The van der Waals surface area contributed by atoms with Crippen molar-refractivity contribution in [2.45, 2.75) is 19.7 Å². The second-order valence-electron chi connectivity index (χ2n) is 1.78. The van der Waals surface area contributed by atoms with Gasteiger partial charge in [0.15, 0.2) is 0 Å². The Kier molecular flexibility index (Phi) is 3.49. The highest BCUT2D eigenvalue weighted by molar-refractivity contribution is 7.41. The van der Waals surface area contributed by atoms with Crippen LogP contribution in [0.4, 0.5) is 4.39 Å². The lowest BCUT2D eigenvalue weighted by Gasteiger charge is -2.22. The zero-order valence-electron chi connectivity index (χ0n) is 5.75. The lowest BCUT2D eigenvalue weighted by atomic mass is 10.5. The Bertz CT molecular complexity index is 101. The molecular weight excluding hydrogens is 158 g/mol. The van der Waals surface area contributed by atoms with Crippen molar-refractivity contribution in [3.8, 4) is 0 Å². The Morgan fingerprint density at radius 1 is 1.80 bits per heavy atom. The van der Waals surface area contributed by atoms with Crippen molar-refractivity contribution in [3.05, 3.63) is 0 Å². The maximum Gasteiger partial charge on any atom is 0.335 e. The number of alkyl halides is 1. The van der Waals surface area contributed by atoms with Gasteiger partial charge in [0.2, 0.25) is 6.36 Å². The highest BCUT2D eigenvalue weighted by Gasteiger charge is 2.23. The van der Waals surface area contributed by atoms with Crippen molar-refractivity contribution in [1.29, 1.82) is 0 Å². The summed E-state index contributed by atoms with van der Waals surface area (Å²) in [5, 5.41) is 0. The number of halogens is 1. The van der Waals surface area contributed by atoms with Crippen molar-refractivity contribution in [2.75, 3.05) is 13.2 Å². The summed E-state index contributed by atoms with van der Waals surface area (Å²) >= 11 is 0. The van der Waals surface area contributed by atoms with Gasteiger partial charge in [-0.25, -0.2) is 4.39 Å². The van der Waals surface area contributed by atoms with Gasteiger partial charge in [-0.2, -0.15) is 0 Å². The maximum absolute atomic E-state index is 12.4. The van der Waals surface area contributed by atoms with Gasteiger partial charge < -0.3 is 9.05 Å². The fourth-order valence-corrected chi connectivity index (χ4v) is 1.52. The summed E-state index contributed by atoms with van der Waals surface area (Å²) in [6, 6.07) is 0. The highest BCUT2D eigenvalue weighted by atomic mass is 31.2. The minimum absolute atomic E-state index is 0.311. The molecule has 3 nitrogen and oxygen atoms in total. The molecule has 0 aromatic heterocycles. The maximum atomic E-state index is 12.4. The van der Waals surface area contributed by atoms with E-state index in [0.717, 1.165) is 0 Å². The number of hydrogen-bond donors (Lipinski definition) is 0. The van der Waals surface area contributed by atoms with E-state index in [2.05, 4.69) is 4.52 Å². The Balaban J connectivity index is 2.18. The van der Waals surface area contributed by atoms with Crippen LogP contribution in [0, 0.1) is 0 Å². The van der Waals surface area contributed by atoms with Crippen molar-refractivity contribution < 1.29 is 18.0 Å². The summed E-state index contributed by atoms with van der Waals surface area (Å²) in [5.74, 6) is 0. The first-order valence-electron chi connectivity index (χ1n) is 3.19. The van der Waals surface area contributed by atoms with Gasteiger partial charge in [-0.05, 0) is 6.92 Å². The van der Waals surface area contributed by atoms with E-state index in [-0.39, 0.29) is 0 Å². The van der Waals surface area contributed by atoms with E-state index in [1.54, 1.807) is 0 Å². The minimum atomic E-state index is -1.39. The molecule has 1 fully saturated rings. The van der Waals surface area contributed by atoms with E-state index in [1.165, 1.54) is 0 Å². The molecule has 0 amide bonds. The molecule has 1 aliphatic heterocycles. The topological polar surface area (TPSA) is 27.7 Å². The zero-order valence-corrected chi connectivity index (χ0v) is 6.64. The van der Waals surface area contributed by atoms with Crippen LogP contribution in [0.5, 0.6) is 0 Å². The first kappa shape index (κ1) is 8.34. The van der Waals surface area contributed by atoms with Crippen molar-refractivity contribution >= 4 is 8.60 Å². The number of hydrogen-bond acceptors (Lipinski definition) is 3. The van der Waals surface area contributed by atoms with Gasteiger partial charge >= 0.3 is 8.60 Å². The van der Waals surface area contributed by atoms with Crippen LogP contribution in [0.15, 0.2) is 0 Å². The van der Waals surface area contributed by atoms with Gasteiger partial charge in [0.1, 0.15) is 0 Å². The molecule has 60 valence electrons. The Morgan fingerprint density at radius 2 is 2.60 bits per heavy atom. The summed E-state index contributed by atoms with van der Waals surface area (Å²) in [7, 11) is -1.39. The zero-order chi connectivity index (χ0) is 7.40. The third kappa shape index (κ3) is 2.46. The van der Waals surface area contributed by atoms with E-state index in [1.807, 2.05) is 6.92 Å². The molecule has 0 aromatic rings. The third-order valence-electron chi connectivity index (χ3n) is 0.976. The molecule has 10 heavy (non-hydrogen) atoms. The normalized spacial score (nSPS) is 34.2. The molecule has 0 aliphatic carbocycles. The smallest absolute Gasteiger partial charge is 0.312 e. The van der Waals surface area contributed by atoms with Gasteiger partial charge in [-0.1, -0.05) is 0 Å². The lowest BCUT2D eigenvalue weighted by molar-refractivity contribution is -0.0120. The summed E-state index contributed by atoms with van der Waals surface area (Å²) in [6.07, 6.45) is -0.891. The summed E-state index contributed by atoms with van der Waals surface area (Å²) < 4.78 is 27.0. The van der Waals surface area contributed by atoms with Gasteiger partial charge in [0.25, 0.3) is 0 Å². The molecule has 0 saturated carbocycles. The molecule has 2 atom stereocenters. The molecule has 0 N–H and O–H groups in total. The van der Waals surface area contributed by atoms with Crippen molar-refractivity contribution in [1.82, 2.24) is 0 Å². The largest absolute Gasteiger partial charge is 0.335 e. The van der Waals surface area contributed by atoms with Crippen LogP contribution >= 0.6 is 8.60 Å². The first-order chi connectivity index (χ1) is 4.83. The molecule has 1 rings (SSSR count). The van der Waals surface area contributed by atoms with E-state index in [0.29, 0.717) is 19.6 Å². The fourth-order valence-electron chi connectivity index (χ4n) is 0.570. The van der Waals surface area contributed by atoms with Gasteiger partial charge in [0.05, 0.1) is 13.2 Å². The van der Waals surface area contributed by atoms with Gasteiger partial charge in [-0.3, -0.25) is 4.52 Å². The van der Waals surface area contributed by atoms with E-state index < -0.39 is 15.0 Å². The summed E-state index contributed by atoms with van der Waals surface area (Å²) in [5.41, 5.74) is 0. The van der Waals surface area contributed by atoms with Crippen LogP contribution in [0.1, 0.15) is 13.3 Å². The van der Waals surface area contributed by atoms with E-state index >= 15 is 0 Å². The van der Waals surface area contributed by atoms with Crippen molar-refractivity contribution in [2.24, 2.45) is 0 Å². The molecule has 5 heteroatoms. The molecular formula is C5H10FO3P. The van der Waals surface area contributed by atoms with Crippen LogP contribution in [0.2, 0.25) is 0 Å². The van der Waals surface area contributed by atoms with Gasteiger partial charge in [-0.15, -0.1) is 0 Å². The standard InChI is InChI=1S/C5H10FO3P/c1-2-7-10-8-4-3-5(6)9-10/h5H,2-4H2,1H3. The Labute approximate surface area is 60.5 Å². The van der Waals surface area contributed by atoms with Crippen molar-refractivity contribution in [3.63, 3.8) is 0 Å².